The molecule has 1 saturated carbocycles. The van der Waals surface area contributed by atoms with Crippen LogP contribution in [0, 0.1) is 0 Å². The number of hydrogen-bond donors (Lipinski definition) is 2. The molecule has 1 aromatic rings. The molecule has 6 nitrogen and oxygen atoms in total. The molecule has 0 aromatic heterocycles. The van der Waals surface area contributed by atoms with Crippen molar-refractivity contribution >= 4 is 17.6 Å². The predicted molar refractivity (Wildman–Crippen MR) is 97.7 cm³/mol. The second kappa shape index (κ2) is 8.03. The first kappa shape index (κ1) is 17.9. The zero-order chi connectivity index (χ0) is 17.9. The number of urea groups is 1. The Morgan fingerprint density at radius 1 is 1.04 bits per heavy atom. The van der Waals surface area contributed by atoms with Crippen molar-refractivity contribution in [1.29, 1.82) is 0 Å². The first-order valence-corrected chi connectivity index (χ1v) is 9.80. The van der Waals surface area contributed by atoms with E-state index in [4.69, 9.17) is 25.8 Å². The normalized spacial score (nSPS) is 31.4. The minimum Gasteiger partial charge on any atom is -0.484 e. The highest BCUT2D eigenvalue weighted by Gasteiger charge is 2.49. The van der Waals surface area contributed by atoms with Gasteiger partial charge in [-0.3, -0.25) is 0 Å². The van der Waals surface area contributed by atoms with Gasteiger partial charge in [0, 0.05) is 6.04 Å². The molecule has 4 atom stereocenters. The van der Waals surface area contributed by atoms with Crippen molar-refractivity contribution in [2.24, 2.45) is 0 Å². The van der Waals surface area contributed by atoms with Gasteiger partial charge in [-0.25, -0.2) is 4.79 Å². The second-order valence-corrected chi connectivity index (χ2v) is 7.65. The monoisotopic (exact) mass is 380 g/mol. The van der Waals surface area contributed by atoms with Crippen LogP contribution in [-0.4, -0.2) is 49.6 Å². The summed E-state index contributed by atoms with van der Waals surface area (Å²) in [6.45, 7) is 0.846. The lowest BCUT2D eigenvalue weighted by Gasteiger charge is -2.24. The number of fused-ring (bicyclic) bond motifs is 1. The Balaban J connectivity index is 1.30. The van der Waals surface area contributed by atoms with E-state index in [9.17, 15) is 4.79 Å². The summed E-state index contributed by atoms with van der Waals surface area (Å²) in [4.78, 5) is 12.3. The predicted octanol–water partition coefficient (Wildman–Crippen LogP) is 2.89. The van der Waals surface area contributed by atoms with Crippen molar-refractivity contribution in [2.75, 3.05) is 13.2 Å². The van der Waals surface area contributed by atoms with Crippen LogP contribution in [0.2, 0.25) is 5.02 Å². The van der Waals surface area contributed by atoms with Crippen molar-refractivity contribution in [1.82, 2.24) is 10.6 Å². The molecular formula is C19H25ClN2O4. The Morgan fingerprint density at radius 2 is 1.81 bits per heavy atom. The van der Waals surface area contributed by atoms with E-state index in [1.54, 1.807) is 6.07 Å². The minimum absolute atomic E-state index is 0.134. The van der Waals surface area contributed by atoms with Gasteiger partial charge in [0.05, 0.1) is 24.3 Å². The van der Waals surface area contributed by atoms with E-state index in [1.165, 1.54) is 19.3 Å². The van der Waals surface area contributed by atoms with Crippen LogP contribution < -0.4 is 15.4 Å². The van der Waals surface area contributed by atoms with Crippen molar-refractivity contribution in [3.63, 3.8) is 0 Å². The van der Waals surface area contributed by atoms with Gasteiger partial charge in [-0.15, -0.1) is 0 Å². The van der Waals surface area contributed by atoms with Gasteiger partial charge in [0.1, 0.15) is 18.0 Å². The molecule has 2 heterocycles. The highest BCUT2D eigenvalue weighted by atomic mass is 35.5. The first-order valence-electron chi connectivity index (χ1n) is 9.42. The number of halogens is 1. The summed E-state index contributed by atoms with van der Waals surface area (Å²) in [6.07, 6.45) is 5.13. The molecule has 1 aliphatic carbocycles. The van der Waals surface area contributed by atoms with Crippen LogP contribution in [-0.2, 0) is 9.47 Å². The number of amides is 2. The fraction of sp³-hybridized carbons (Fsp3) is 0.632. The van der Waals surface area contributed by atoms with E-state index in [2.05, 4.69) is 10.6 Å². The van der Waals surface area contributed by atoms with Crippen LogP contribution >= 0.6 is 11.6 Å². The van der Waals surface area contributed by atoms with Crippen LogP contribution in [0.15, 0.2) is 24.3 Å². The van der Waals surface area contributed by atoms with E-state index in [1.807, 2.05) is 18.2 Å². The topological polar surface area (TPSA) is 68.8 Å². The van der Waals surface area contributed by atoms with E-state index in [0.717, 1.165) is 12.8 Å². The van der Waals surface area contributed by atoms with E-state index in [0.29, 0.717) is 24.0 Å². The number of hydrogen-bond acceptors (Lipinski definition) is 4. The van der Waals surface area contributed by atoms with Crippen LogP contribution in [0.5, 0.6) is 5.75 Å². The smallest absolute Gasteiger partial charge is 0.315 e. The highest BCUT2D eigenvalue weighted by Crippen LogP contribution is 2.32. The van der Waals surface area contributed by atoms with Gasteiger partial charge >= 0.3 is 6.03 Å². The fourth-order valence-electron chi connectivity index (χ4n) is 4.03. The summed E-state index contributed by atoms with van der Waals surface area (Å²) in [6, 6.07) is 7.35. The molecule has 3 aliphatic rings. The average molecular weight is 381 g/mol. The Labute approximate surface area is 158 Å². The summed E-state index contributed by atoms with van der Waals surface area (Å²) in [5.74, 6) is 0.624. The van der Waals surface area contributed by atoms with E-state index < -0.39 is 0 Å². The molecule has 7 heteroatoms. The largest absolute Gasteiger partial charge is 0.484 e. The molecule has 2 aliphatic heterocycles. The lowest BCUT2D eigenvalue weighted by atomic mass is 9.96. The molecule has 2 saturated heterocycles. The molecule has 0 unspecified atom stereocenters. The van der Waals surface area contributed by atoms with Gasteiger partial charge < -0.3 is 24.8 Å². The Morgan fingerprint density at radius 3 is 2.62 bits per heavy atom. The van der Waals surface area contributed by atoms with Crippen LogP contribution in [0.1, 0.15) is 32.1 Å². The summed E-state index contributed by atoms with van der Waals surface area (Å²) >= 11 is 6.16. The van der Waals surface area contributed by atoms with E-state index >= 15 is 0 Å². The Hall–Kier alpha value is -1.50. The van der Waals surface area contributed by atoms with Gasteiger partial charge in [0.25, 0.3) is 0 Å². The maximum atomic E-state index is 12.3. The third kappa shape index (κ3) is 3.92. The zero-order valence-corrected chi connectivity index (χ0v) is 15.4. The maximum absolute atomic E-state index is 12.3. The first-order chi connectivity index (χ1) is 12.7. The molecule has 0 radical (unpaired) electrons. The molecule has 1 aromatic carbocycles. The standard InChI is InChI=1S/C19H25ClN2O4/c20-13-8-4-5-9-15(13)26-16-11-25-17-14(10-24-18(16)17)22-19(23)21-12-6-2-1-3-7-12/h4-5,8-9,12,14,16-18H,1-3,6-7,10-11H2,(H2,21,22,23)/t14-,16-,17+,18+/m0/s1. The van der Waals surface area contributed by atoms with Gasteiger partial charge in [-0.2, -0.15) is 0 Å². The molecule has 0 spiro atoms. The fourth-order valence-corrected chi connectivity index (χ4v) is 4.22. The van der Waals surface area contributed by atoms with E-state index in [-0.39, 0.29) is 36.4 Å². The zero-order valence-electron chi connectivity index (χ0n) is 14.7. The third-order valence-electron chi connectivity index (χ3n) is 5.38. The van der Waals surface area contributed by atoms with Crippen molar-refractivity contribution < 1.29 is 19.0 Å². The van der Waals surface area contributed by atoms with Crippen LogP contribution in [0.25, 0.3) is 0 Å². The number of ether oxygens (including phenoxy) is 3. The molecule has 2 amide bonds. The van der Waals surface area contributed by atoms with Gasteiger partial charge in [-0.1, -0.05) is 43.0 Å². The van der Waals surface area contributed by atoms with Crippen LogP contribution in [0.4, 0.5) is 4.79 Å². The molecule has 4 rings (SSSR count). The van der Waals surface area contributed by atoms with Crippen molar-refractivity contribution in [2.45, 2.75) is 62.5 Å². The second-order valence-electron chi connectivity index (χ2n) is 7.24. The summed E-state index contributed by atoms with van der Waals surface area (Å²) in [7, 11) is 0. The SMILES string of the molecule is O=C(NC1CCCCC1)N[C@H]1CO[C@H]2[C@@H]1OC[C@@H]2Oc1ccccc1Cl. The Bertz CT molecular complexity index is 638. The lowest BCUT2D eigenvalue weighted by Crippen LogP contribution is -2.51. The maximum Gasteiger partial charge on any atom is 0.315 e. The number of carbonyl (C=O) groups is 1. The number of para-hydroxylation sites is 1. The van der Waals surface area contributed by atoms with Gasteiger partial charge in [-0.05, 0) is 25.0 Å². The summed E-state index contributed by atoms with van der Waals surface area (Å²) in [5.41, 5.74) is 0. The van der Waals surface area contributed by atoms with Crippen molar-refractivity contribution in [3.05, 3.63) is 29.3 Å². The average Bonchev–Trinajstić information content (AvgIpc) is 3.21. The number of carbonyl (C=O) groups excluding carboxylic acids is 1. The molecule has 142 valence electrons. The molecule has 2 N–H and O–H groups in total. The minimum atomic E-state index is -0.229. The van der Waals surface area contributed by atoms with Gasteiger partial charge in [0.2, 0.25) is 0 Å². The number of benzene rings is 1. The highest BCUT2D eigenvalue weighted by molar-refractivity contribution is 6.32. The molecule has 3 fully saturated rings. The quantitative estimate of drug-likeness (QED) is 0.842. The third-order valence-corrected chi connectivity index (χ3v) is 5.69. The number of nitrogens with one attached hydrogen (secondary N) is 2. The molecule has 0 bridgehead atoms. The number of rotatable bonds is 4. The molecular weight excluding hydrogens is 356 g/mol. The Kier molecular flexibility index (Phi) is 5.52. The van der Waals surface area contributed by atoms with Crippen LogP contribution in [0.3, 0.4) is 0 Å². The van der Waals surface area contributed by atoms with Gasteiger partial charge in [0.15, 0.2) is 6.10 Å². The summed E-state index contributed by atoms with van der Waals surface area (Å²) < 4.78 is 17.7. The summed E-state index contributed by atoms with van der Waals surface area (Å²) in [5, 5.41) is 6.65. The lowest BCUT2D eigenvalue weighted by molar-refractivity contribution is 0.0304. The molecule has 26 heavy (non-hydrogen) atoms. The van der Waals surface area contributed by atoms with Crippen molar-refractivity contribution in [3.8, 4) is 5.75 Å².